The van der Waals surface area contributed by atoms with Crippen molar-refractivity contribution in [2.75, 3.05) is 40.9 Å². The summed E-state index contributed by atoms with van der Waals surface area (Å²) >= 11 is 0. The highest BCUT2D eigenvalue weighted by Crippen LogP contribution is 2.38. The molecule has 0 rings (SSSR count). The number of phosphoric acid groups is 1. The lowest BCUT2D eigenvalue weighted by Gasteiger charge is -2.30. The van der Waals surface area contributed by atoms with E-state index in [0.29, 0.717) is 23.9 Å². The lowest BCUT2D eigenvalue weighted by atomic mass is 10.0. The van der Waals surface area contributed by atoms with Gasteiger partial charge in [-0.05, 0) is 70.6 Å². The molecule has 9 heteroatoms. The molecule has 0 aromatic heterocycles. The third-order valence-corrected chi connectivity index (χ3v) is 16.6. The molecule has 8 nitrogen and oxygen atoms in total. The summed E-state index contributed by atoms with van der Waals surface area (Å²) < 4.78 is 23.5. The highest BCUT2D eigenvalue weighted by atomic mass is 31.2. The van der Waals surface area contributed by atoms with Gasteiger partial charge in [0.05, 0.1) is 39.9 Å². The number of nitrogens with zero attached hydrogens (tertiary/aromatic N) is 1. The van der Waals surface area contributed by atoms with Crippen LogP contribution in [0.15, 0.2) is 85.1 Å². The maximum atomic E-state index is 13.1. The van der Waals surface area contributed by atoms with Crippen molar-refractivity contribution in [3.05, 3.63) is 85.1 Å². The van der Waals surface area contributed by atoms with E-state index < -0.39 is 20.0 Å². The fourth-order valence-electron chi connectivity index (χ4n) is 10.3. The fraction of sp³-hybridized carbons (Fsp3) is 0.795. The molecule has 0 heterocycles. The van der Waals surface area contributed by atoms with E-state index in [0.717, 1.165) is 83.5 Å². The standard InChI is InChI=1S/C73H135N2O6P/c1-6-8-10-12-14-16-18-20-22-24-26-28-29-30-31-32-33-34-35-36-37-38-39-40-41-42-43-44-45-47-49-51-53-55-57-59-61-63-65-67-73(77)74-71(70-81-82(78,79)80-69-68-75(3,4)5)72(76)66-64-62-60-58-56-54-52-50-48-46-27-25-23-21-19-17-15-13-11-9-7-2/h8,10,14,16,20,22,26,28,30-31,33-34,36-37,71-72,76H,6-7,9,11-13,15,17-19,21,23-25,27,29,32,35,38-70H2,1-5H3,(H-,74,77,78,79)/b10-8-,16-14-,22-20-,28-26-,31-30-,34-33-,37-36-. The molecule has 0 saturated carbocycles. The second-order valence-electron chi connectivity index (χ2n) is 24.9. The largest absolute Gasteiger partial charge is 0.756 e. The third-order valence-electron chi connectivity index (χ3n) is 15.6. The van der Waals surface area contributed by atoms with E-state index in [2.05, 4.69) is 104 Å². The molecule has 3 atom stereocenters. The first kappa shape index (κ1) is 79.7. The number of aliphatic hydroxyl groups excluding tert-OH is 1. The van der Waals surface area contributed by atoms with Crippen LogP contribution in [0.3, 0.4) is 0 Å². The number of unbranched alkanes of at least 4 members (excludes halogenated alkanes) is 37. The molecule has 0 aromatic rings. The van der Waals surface area contributed by atoms with Gasteiger partial charge in [-0.2, -0.15) is 0 Å². The van der Waals surface area contributed by atoms with Crippen molar-refractivity contribution in [3.8, 4) is 0 Å². The summed E-state index contributed by atoms with van der Waals surface area (Å²) in [5.74, 6) is -0.162. The molecule has 82 heavy (non-hydrogen) atoms. The minimum Gasteiger partial charge on any atom is -0.756 e. The molecule has 0 aliphatic carbocycles. The number of likely N-dealkylation sites (N-methyl/N-ethyl adjacent to an activating group) is 1. The van der Waals surface area contributed by atoms with Gasteiger partial charge in [0.1, 0.15) is 13.2 Å². The Hall–Kier alpha value is -2.32. The van der Waals surface area contributed by atoms with E-state index in [1.807, 2.05) is 21.1 Å². The van der Waals surface area contributed by atoms with Crippen LogP contribution >= 0.6 is 7.82 Å². The fourth-order valence-corrected chi connectivity index (χ4v) is 11.0. The summed E-state index contributed by atoms with van der Waals surface area (Å²) in [6.07, 6.45) is 89.4. The quantitative estimate of drug-likeness (QED) is 0.0272. The number of nitrogens with one attached hydrogen (secondary N) is 1. The van der Waals surface area contributed by atoms with Gasteiger partial charge in [-0.15, -0.1) is 0 Å². The van der Waals surface area contributed by atoms with Gasteiger partial charge >= 0.3 is 0 Å². The highest BCUT2D eigenvalue weighted by molar-refractivity contribution is 7.45. The van der Waals surface area contributed by atoms with Crippen molar-refractivity contribution in [2.45, 2.75) is 334 Å². The lowest BCUT2D eigenvalue weighted by molar-refractivity contribution is -0.870. The summed E-state index contributed by atoms with van der Waals surface area (Å²) in [6.45, 7) is 4.64. The molecule has 0 bridgehead atoms. The number of rotatable bonds is 64. The topological polar surface area (TPSA) is 108 Å². The van der Waals surface area contributed by atoms with Crippen LogP contribution in [0, 0.1) is 0 Å². The Morgan fingerprint density at radius 3 is 1.09 bits per heavy atom. The second kappa shape index (κ2) is 63.2. The van der Waals surface area contributed by atoms with Gasteiger partial charge in [0.25, 0.3) is 7.82 Å². The van der Waals surface area contributed by atoms with Crippen LogP contribution in [0.5, 0.6) is 0 Å². The molecule has 0 aliphatic rings. The zero-order chi connectivity index (χ0) is 59.8. The zero-order valence-electron chi connectivity index (χ0n) is 54.7. The Labute approximate surface area is 509 Å². The van der Waals surface area contributed by atoms with E-state index >= 15 is 0 Å². The number of hydrogen-bond acceptors (Lipinski definition) is 6. The predicted molar refractivity (Wildman–Crippen MR) is 357 cm³/mol. The summed E-state index contributed by atoms with van der Waals surface area (Å²) in [4.78, 5) is 25.7. The average molecular weight is 1170 g/mol. The number of quaternary nitrogens is 1. The zero-order valence-corrected chi connectivity index (χ0v) is 55.6. The average Bonchev–Trinajstić information content (AvgIpc) is 3.46. The smallest absolute Gasteiger partial charge is 0.268 e. The van der Waals surface area contributed by atoms with Gasteiger partial charge in [0.15, 0.2) is 0 Å². The van der Waals surface area contributed by atoms with Crippen LogP contribution < -0.4 is 10.2 Å². The van der Waals surface area contributed by atoms with Crippen molar-refractivity contribution in [2.24, 2.45) is 0 Å². The molecule has 478 valence electrons. The van der Waals surface area contributed by atoms with Gasteiger partial charge in [0.2, 0.25) is 5.91 Å². The summed E-state index contributed by atoms with van der Waals surface area (Å²) in [7, 11) is 1.31. The summed E-state index contributed by atoms with van der Waals surface area (Å²) in [5.41, 5.74) is 0. The first-order valence-corrected chi connectivity index (χ1v) is 36.4. The third kappa shape index (κ3) is 65.2. The molecule has 0 radical (unpaired) electrons. The van der Waals surface area contributed by atoms with E-state index in [-0.39, 0.29) is 19.1 Å². The lowest BCUT2D eigenvalue weighted by Crippen LogP contribution is -2.46. The Bertz CT molecular complexity index is 1610. The molecular weight excluding hydrogens is 1030 g/mol. The van der Waals surface area contributed by atoms with Crippen molar-refractivity contribution in [1.82, 2.24) is 5.32 Å². The SMILES string of the molecule is CC/C=C\C/C=C\C/C=C\C/C=C\C/C=C\C/C=C\C/C=C\CCCCCCCCCCCCCCCCCCCC(=O)NC(COP(=O)([O-])OCC[N+](C)(C)C)C(O)CCCCCCCCCCCCCCCCCCCCCCC. The number of carbonyl (C=O) groups excluding carboxylic acids is 1. The maximum Gasteiger partial charge on any atom is 0.268 e. The first-order chi connectivity index (χ1) is 40.0. The second-order valence-corrected chi connectivity index (χ2v) is 26.3. The van der Waals surface area contributed by atoms with Gasteiger partial charge in [-0.25, -0.2) is 0 Å². The molecule has 0 fully saturated rings. The molecular formula is C73H135N2O6P. The monoisotopic (exact) mass is 1170 g/mol. The van der Waals surface area contributed by atoms with E-state index in [9.17, 15) is 19.4 Å². The molecule has 0 aromatic carbocycles. The Kier molecular flexibility index (Phi) is 61.4. The van der Waals surface area contributed by atoms with Crippen LogP contribution in [-0.2, 0) is 18.4 Å². The van der Waals surface area contributed by atoms with Crippen molar-refractivity contribution in [1.29, 1.82) is 0 Å². The molecule has 0 spiro atoms. The van der Waals surface area contributed by atoms with E-state index in [1.165, 1.54) is 212 Å². The number of amides is 1. The maximum absolute atomic E-state index is 13.1. The van der Waals surface area contributed by atoms with E-state index in [1.54, 1.807) is 0 Å². The van der Waals surface area contributed by atoms with Crippen molar-refractivity contribution < 1.29 is 32.9 Å². The minimum absolute atomic E-state index is 0.0116. The van der Waals surface area contributed by atoms with Gasteiger partial charge in [-0.3, -0.25) is 9.36 Å². The van der Waals surface area contributed by atoms with E-state index in [4.69, 9.17) is 9.05 Å². The van der Waals surface area contributed by atoms with Crippen LogP contribution in [0.25, 0.3) is 0 Å². The Morgan fingerprint density at radius 1 is 0.439 bits per heavy atom. The number of carbonyl (C=O) groups is 1. The van der Waals surface area contributed by atoms with Crippen molar-refractivity contribution >= 4 is 13.7 Å². The van der Waals surface area contributed by atoms with Gasteiger partial charge < -0.3 is 28.8 Å². The van der Waals surface area contributed by atoms with Crippen LogP contribution in [-0.4, -0.2) is 68.5 Å². The van der Waals surface area contributed by atoms with Gasteiger partial charge in [-0.1, -0.05) is 330 Å². The normalized spacial score (nSPS) is 14.2. The van der Waals surface area contributed by atoms with Crippen LogP contribution in [0.1, 0.15) is 322 Å². The predicted octanol–water partition coefficient (Wildman–Crippen LogP) is 21.7. The molecule has 1 amide bonds. The highest BCUT2D eigenvalue weighted by Gasteiger charge is 2.24. The minimum atomic E-state index is -4.58. The van der Waals surface area contributed by atoms with Crippen LogP contribution in [0.4, 0.5) is 0 Å². The van der Waals surface area contributed by atoms with Crippen LogP contribution in [0.2, 0.25) is 0 Å². The van der Waals surface area contributed by atoms with Crippen molar-refractivity contribution in [3.63, 3.8) is 0 Å². The number of hydrogen-bond donors (Lipinski definition) is 2. The number of phosphoric ester groups is 1. The summed E-state index contributed by atoms with van der Waals surface area (Å²) in [5, 5.41) is 14.1. The van der Waals surface area contributed by atoms with Gasteiger partial charge in [0, 0.05) is 6.42 Å². The number of aliphatic hydroxyl groups is 1. The summed E-state index contributed by atoms with van der Waals surface area (Å²) in [6, 6.07) is -0.804. The molecule has 2 N–H and O–H groups in total. The Balaban J connectivity index is 3.99. The Morgan fingerprint density at radius 2 is 0.744 bits per heavy atom. The first-order valence-electron chi connectivity index (χ1n) is 34.9. The number of allylic oxidation sites excluding steroid dienone is 14. The molecule has 0 saturated heterocycles. The molecule has 0 aliphatic heterocycles. The molecule has 3 unspecified atom stereocenters.